The largest absolute Gasteiger partial charge is 0.356 e. The monoisotopic (exact) mass is 302 g/mol. The van der Waals surface area contributed by atoms with E-state index < -0.39 is 0 Å². The highest BCUT2D eigenvalue weighted by atomic mass is 15.3. The van der Waals surface area contributed by atoms with Crippen molar-refractivity contribution in [2.45, 2.75) is 25.8 Å². The van der Waals surface area contributed by atoms with Crippen molar-refractivity contribution >= 4 is 5.96 Å². The van der Waals surface area contributed by atoms with Crippen LogP contribution in [0.3, 0.4) is 0 Å². The van der Waals surface area contributed by atoms with Gasteiger partial charge < -0.3 is 15.1 Å². The van der Waals surface area contributed by atoms with E-state index in [0.29, 0.717) is 0 Å². The number of hydrogen-bond acceptors (Lipinski definition) is 2. The molecule has 0 aromatic heterocycles. The summed E-state index contributed by atoms with van der Waals surface area (Å²) in [5.41, 5.74) is 1.25. The average Bonchev–Trinajstić information content (AvgIpc) is 2.53. The second-order valence-electron chi connectivity index (χ2n) is 6.48. The maximum Gasteiger partial charge on any atom is 0.193 e. The van der Waals surface area contributed by atoms with Gasteiger partial charge in [0.15, 0.2) is 5.96 Å². The van der Waals surface area contributed by atoms with Crippen molar-refractivity contribution in [1.82, 2.24) is 15.1 Å². The molecule has 0 unspecified atom stereocenters. The molecule has 1 aliphatic heterocycles. The highest BCUT2D eigenvalue weighted by Crippen LogP contribution is 2.18. The van der Waals surface area contributed by atoms with Crippen molar-refractivity contribution < 1.29 is 0 Å². The first-order chi connectivity index (χ1) is 10.6. The highest BCUT2D eigenvalue weighted by molar-refractivity contribution is 5.79. The van der Waals surface area contributed by atoms with Crippen LogP contribution in [0, 0.1) is 5.92 Å². The van der Waals surface area contributed by atoms with E-state index in [-0.39, 0.29) is 0 Å². The minimum absolute atomic E-state index is 0.732. The second kappa shape index (κ2) is 8.79. The third-order valence-electron chi connectivity index (χ3n) is 4.35. The smallest absolute Gasteiger partial charge is 0.193 e. The summed E-state index contributed by atoms with van der Waals surface area (Å²) in [5, 5.41) is 3.51. The van der Waals surface area contributed by atoms with E-state index in [1.807, 2.05) is 20.2 Å². The number of hydrogen-bond donors (Lipinski definition) is 1. The molecular weight excluding hydrogens is 272 g/mol. The summed E-state index contributed by atoms with van der Waals surface area (Å²) in [4.78, 5) is 9.21. The van der Waals surface area contributed by atoms with Crippen LogP contribution in [0.4, 0.5) is 0 Å². The quantitative estimate of drug-likeness (QED) is 0.669. The zero-order valence-corrected chi connectivity index (χ0v) is 14.3. The van der Waals surface area contributed by atoms with E-state index in [1.54, 1.807) is 0 Å². The van der Waals surface area contributed by atoms with Crippen molar-refractivity contribution in [3.63, 3.8) is 0 Å². The van der Waals surface area contributed by atoms with E-state index >= 15 is 0 Å². The van der Waals surface area contributed by atoms with Crippen LogP contribution in [-0.2, 0) is 6.54 Å². The Morgan fingerprint density at radius 3 is 2.55 bits per heavy atom. The predicted octanol–water partition coefficient (Wildman–Crippen LogP) is 2.43. The van der Waals surface area contributed by atoms with Crippen LogP contribution in [-0.4, -0.2) is 56.5 Å². The minimum atomic E-state index is 0.732. The molecule has 1 N–H and O–H groups in total. The number of likely N-dealkylation sites (tertiary alicyclic amines) is 1. The first kappa shape index (κ1) is 16.8. The van der Waals surface area contributed by atoms with Gasteiger partial charge in [-0.3, -0.25) is 0 Å². The van der Waals surface area contributed by atoms with Crippen LogP contribution in [0.25, 0.3) is 0 Å². The third-order valence-corrected chi connectivity index (χ3v) is 4.35. The lowest BCUT2D eigenvalue weighted by Gasteiger charge is -2.29. The molecule has 4 heteroatoms. The summed E-state index contributed by atoms with van der Waals surface area (Å²) >= 11 is 0. The lowest BCUT2D eigenvalue weighted by molar-refractivity contribution is 0.213. The Balaban J connectivity index is 1.76. The second-order valence-corrected chi connectivity index (χ2v) is 6.48. The van der Waals surface area contributed by atoms with E-state index in [2.05, 4.69) is 46.4 Å². The van der Waals surface area contributed by atoms with Crippen molar-refractivity contribution in [3.05, 3.63) is 35.9 Å². The number of rotatable bonds is 5. The maximum atomic E-state index is 4.71. The average molecular weight is 302 g/mol. The Morgan fingerprint density at radius 2 is 1.91 bits per heavy atom. The molecule has 2 rings (SSSR count). The fraction of sp³-hybridized carbons (Fsp3) is 0.611. The summed E-state index contributed by atoms with van der Waals surface area (Å²) < 4.78 is 0. The molecule has 1 heterocycles. The molecular formula is C18H30N4. The van der Waals surface area contributed by atoms with Crippen molar-refractivity contribution in [1.29, 1.82) is 0 Å². The van der Waals surface area contributed by atoms with Gasteiger partial charge >= 0.3 is 0 Å². The molecule has 0 atom stereocenters. The van der Waals surface area contributed by atoms with Crippen LogP contribution in [0.5, 0.6) is 0 Å². The Kier molecular flexibility index (Phi) is 6.72. The van der Waals surface area contributed by atoms with Gasteiger partial charge in [0.1, 0.15) is 0 Å². The van der Waals surface area contributed by atoms with Gasteiger partial charge in [0, 0.05) is 20.6 Å². The maximum absolute atomic E-state index is 4.71. The third kappa shape index (κ3) is 5.68. The first-order valence-electron chi connectivity index (χ1n) is 8.33. The molecule has 4 nitrogen and oxygen atoms in total. The van der Waals surface area contributed by atoms with E-state index in [9.17, 15) is 0 Å². The van der Waals surface area contributed by atoms with E-state index in [4.69, 9.17) is 4.99 Å². The minimum Gasteiger partial charge on any atom is -0.356 e. The molecule has 0 spiro atoms. The molecule has 1 aliphatic rings. The molecule has 1 fully saturated rings. The molecule has 0 saturated carbocycles. The molecule has 0 radical (unpaired) electrons. The fourth-order valence-corrected chi connectivity index (χ4v) is 2.84. The molecule has 22 heavy (non-hydrogen) atoms. The van der Waals surface area contributed by atoms with Crippen molar-refractivity contribution in [2.24, 2.45) is 10.9 Å². The summed E-state index contributed by atoms with van der Waals surface area (Å²) in [6, 6.07) is 10.4. The van der Waals surface area contributed by atoms with Gasteiger partial charge in [0.05, 0.1) is 6.54 Å². The summed E-state index contributed by atoms with van der Waals surface area (Å²) in [7, 11) is 6.31. The van der Waals surface area contributed by atoms with Gasteiger partial charge in [-0.25, -0.2) is 4.99 Å². The normalized spacial score (nSPS) is 17.5. The van der Waals surface area contributed by atoms with E-state index in [0.717, 1.165) is 25.0 Å². The van der Waals surface area contributed by atoms with Gasteiger partial charge in [-0.05, 0) is 50.9 Å². The SMILES string of the molecule is CN1CCC(CCNC(=NCc2ccccc2)N(C)C)CC1. The Bertz CT molecular complexity index is 447. The van der Waals surface area contributed by atoms with Crippen LogP contribution in [0.15, 0.2) is 35.3 Å². The number of nitrogens with one attached hydrogen (secondary N) is 1. The predicted molar refractivity (Wildman–Crippen MR) is 94.1 cm³/mol. The van der Waals surface area contributed by atoms with Gasteiger partial charge in [-0.2, -0.15) is 0 Å². The van der Waals surface area contributed by atoms with Gasteiger partial charge in [-0.15, -0.1) is 0 Å². The summed E-state index contributed by atoms with van der Waals surface area (Å²) in [5.74, 6) is 1.85. The summed E-state index contributed by atoms with van der Waals surface area (Å²) in [6.45, 7) is 4.23. The standard InChI is InChI=1S/C18H30N4/c1-21(2)18(20-15-17-7-5-4-6-8-17)19-12-9-16-10-13-22(3)14-11-16/h4-8,16H,9-15H2,1-3H3,(H,19,20). The first-order valence-corrected chi connectivity index (χ1v) is 8.33. The molecule has 1 aromatic rings. The molecule has 1 aromatic carbocycles. The van der Waals surface area contributed by atoms with Crippen LogP contribution in [0.2, 0.25) is 0 Å². The van der Waals surface area contributed by atoms with Crippen LogP contribution >= 0.6 is 0 Å². The van der Waals surface area contributed by atoms with Crippen molar-refractivity contribution in [2.75, 3.05) is 40.8 Å². The van der Waals surface area contributed by atoms with Gasteiger partial charge in [0.2, 0.25) is 0 Å². The highest BCUT2D eigenvalue weighted by Gasteiger charge is 2.16. The number of guanidine groups is 1. The molecule has 0 aliphatic carbocycles. The number of benzene rings is 1. The molecule has 0 amide bonds. The number of nitrogens with zero attached hydrogens (tertiary/aromatic N) is 3. The molecule has 0 bridgehead atoms. The Labute approximate surface area is 135 Å². The van der Waals surface area contributed by atoms with Gasteiger partial charge in [-0.1, -0.05) is 30.3 Å². The zero-order chi connectivity index (χ0) is 15.8. The molecule has 1 saturated heterocycles. The Morgan fingerprint density at radius 1 is 1.23 bits per heavy atom. The summed E-state index contributed by atoms with van der Waals surface area (Å²) in [6.07, 6.45) is 3.90. The lowest BCUT2D eigenvalue weighted by atomic mass is 9.94. The van der Waals surface area contributed by atoms with Gasteiger partial charge in [0.25, 0.3) is 0 Å². The van der Waals surface area contributed by atoms with Crippen LogP contribution < -0.4 is 5.32 Å². The Hall–Kier alpha value is -1.55. The van der Waals surface area contributed by atoms with Crippen LogP contribution in [0.1, 0.15) is 24.8 Å². The van der Waals surface area contributed by atoms with E-state index in [1.165, 1.54) is 37.9 Å². The topological polar surface area (TPSA) is 30.9 Å². The fourth-order valence-electron chi connectivity index (χ4n) is 2.84. The number of aliphatic imine (C=N–C) groups is 1. The molecule has 122 valence electrons. The number of piperidine rings is 1. The lowest BCUT2D eigenvalue weighted by Crippen LogP contribution is -2.38. The zero-order valence-electron chi connectivity index (χ0n) is 14.3. The van der Waals surface area contributed by atoms with Crippen molar-refractivity contribution in [3.8, 4) is 0 Å².